The van der Waals surface area contributed by atoms with Gasteiger partial charge in [0.25, 0.3) is 0 Å². The number of nitrogens with one attached hydrogen (secondary N) is 2. The van der Waals surface area contributed by atoms with Gasteiger partial charge in [-0.15, -0.1) is 0 Å². The van der Waals surface area contributed by atoms with E-state index in [0.29, 0.717) is 31.8 Å². The summed E-state index contributed by atoms with van der Waals surface area (Å²) < 4.78 is 0. The number of hydrogen-bond donors (Lipinski definition) is 2. The number of hydrogen-bond acceptors (Lipinski definition) is 5. The molecule has 38 heavy (non-hydrogen) atoms. The minimum Gasteiger partial charge on any atom is -0.348 e. The van der Waals surface area contributed by atoms with Crippen LogP contribution in [0.4, 0.5) is 4.79 Å². The van der Waals surface area contributed by atoms with E-state index in [1.807, 2.05) is 67.7 Å². The van der Waals surface area contributed by atoms with Gasteiger partial charge in [0.05, 0.1) is 0 Å². The zero-order valence-electron chi connectivity index (χ0n) is 21.9. The Morgan fingerprint density at radius 1 is 0.868 bits per heavy atom. The summed E-state index contributed by atoms with van der Waals surface area (Å²) in [7, 11) is 2.05. The number of carbonyl (C=O) groups is 2. The number of carbonyl (C=O) groups excluding carboxylic acids is 2. The van der Waals surface area contributed by atoms with Crippen molar-refractivity contribution in [3.63, 3.8) is 0 Å². The van der Waals surface area contributed by atoms with Crippen LogP contribution in [0.2, 0.25) is 0 Å². The van der Waals surface area contributed by atoms with Crippen LogP contribution in [0.25, 0.3) is 6.08 Å². The highest BCUT2D eigenvalue weighted by atomic mass is 16.2. The number of aromatic nitrogens is 2. The summed E-state index contributed by atoms with van der Waals surface area (Å²) in [5.74, 6) is 0.365. The molecule has 0 spiro atoms. The van der Waals surface area contributed by atoms with E-state index < -0.39 is 6.04 Å². The molecule has 0 saturated carbocycles. The SMILES string of the molecule is CN1CCN(C(=O)N[C@@H](Cc2ccccc2)C(=O)N[C@H](/C=C/c2ncccn2)CCc2ccccc2)CC1. The van der Waals surface area contributed by atoms with Crippen LogP contribution in [0.3, 0.4) is 0 Å². The first-order valence-electron chi connectivity index (χ1n) is 13.1. The molecule has 1 fully saturated rings. The van der Waals surface area contributed by atoms with Crippen molar-refractivity contribution in [2.45, 2.75) is 31.3 Å². The van der Waals surface area contributed by atoms with Gasteiger partial charge in [0.15, 0.2) is 5.82 Å². The molecule has 0 unspecified atom stereocenters. The minimum atomic E-state index is -0.704. The number of aryl methyl sites for hydroxylation is 1. The topological polar surface area (TPSA) is 90.5 Å². The number of likely N-dealkylation sites (N-methyl/N-ethyl adjacent to an activating group) is 1. The lowest BCUT2D eigenvalue weighted by atomic mass is 10.0. The first-order valence-corrected chi connectivity index (χ1v) is 13.1. The van der Waals surface area contributed by atoms with Crippen LogP contribution in [0.5, 0.6) is 0 Å². The summed E-state index contributed by atoms with van der Waals surface area (Å²) >= 11 is 0. The molecule has 3 aromatic rings. The van der Waals surface area contributed by atoms with Gasteiger partial charge in [0.1, 0.15) is 6.04 Å². The van der Waals surface area contributed by atoms with E-state index in [4.69, 9.17) is 0 Å². The van der Waals surface area contributed by atoms with E-state index in [9.17, 15) is 9.59 Å². The molecule has 1 aliphatic rings. The van der Waals surface area contributed by atoms with Gasteiger partial charge in [-0.25, -0.2) is 14.8 Å². The molecule has 4 rings (SSSR count). The third-order valence-electron chi connectivity index (χ3n) is 6.67. The van der Waals surface area contributed by atoms with Gasteiger partial charge >= 0.3 is 6.03 Å². The summed E-state index contributed by atoms with van der Waals surface area (Å²) in [6.07, 6.45) is 9.03. The fourth-order valence-corrected chi connectivity index (χ4v) is 4.37. The van der Waals surface area contributed by atoms with Crippen LogP contribution < -0.4 is 10.6 Å². The molecule has 198 valence electrons. The van der Waals surface area contributed by atoms with Gasteiger partial charge in [-0.3, -0.25) is 4.79 Å². The predicted molar refractivity (Wildman–Crippen MR) is 149 cm³/mol. The van der Waals surface area contributed by atoms with Gasteiger partial charge in [-0.2, -0.15) is 0 Å². The Labute approximate surface area is 224 Å². The Hall–Kier alpha value is -4.04. The van der Waals surface area contributed by atoms with Crippen molar-refractivity contribution < 1.29 is 9.59 Å². The number of nitrogens with zero attached hydrogens (tertiary/aromatic N) is 4. The highest BCUT2D eigenvalue weighted by Gasteiger charge is 2.27. The van der Waals surface area contributed by atoms with Crippen LogP contribution in [-0.2, 0) is 17.6 Å². The number of urea groups is 1. The van der Waals surface area contributed by atoms with Crippen LogP contribution >= 0.6 is 0 Å². The molecular formula is C30H36N6O2. The minimum absolute atomic E-state index is 0.205. The zero-order chi connectivity index (χ0) is 26.6. The lowest BCUT2D eigenvalue weighted by Gasteiger charge is -2.33. The highest BCUT2D eigenvalue weighted by molar-refractivity contribution is 5.87. The molecule has 8 nitrogen and oxygen atoms in total. The smallest absolute Gasteiger partial charge is 0.318 e. The van der Waals surface area contributed by atoms with Crippen molar-refractivity contribution in [2.75, 3.05) is 33.2 Å². The number of piperazine rings is 1. The molecule has 1 aromatic heterocycles. The number of benzene rings is 2. The zero-order valence-corrected chi connectivity index (χ0v) is 21.9. The molecule has 0 bridgehead atoms. The van der Waals surface area contributed by atoms with Crippen molar-refractivity contribution in [1.82, 2.24) is 30.4 Å². The maximum Gasteiger partial charge on any atom is 0.318 e. The third-order valence-corrected chi connectivity index (χ3v) is 6.67. The van der Waals surface area contributed by atoms with E-state index in [0.717, 1.165) is 25.1 Å². The lowest BCUT2D eigenvalue weighted by Crippen LogP contribution is -2.56. The molecule has 2 heterocycles. The summed E-state index contributed by atoms with van der Waals surface area (Å²) in [5, 5.41) is 6.18. The first-order chi connectivity index (χ1) is 18.6. The second-order valence-electron chi connectivity index (χ2n) is 9.59. The van der Waals surface area contributed by atoms with Gasteiger partial charge in [0, 0.05) is 51.0 Å². The Bertz CT molecular complexity index is 1170. The fourth-order valence-electron chi connectivity index (χ4n) is 4.37. The predicted octanol–water partition coefficient (Wildman–Crippen LogP) is 3.18. The van der Waals surface area contributed by atoms with E-state index in [-0.39, 0.29) is 18.0 Å². The lowest BCUT2D eigenvalue weighted by molar-refractivity contribution is -0.123. The van der Waals surface area contributed by atoms with Crippen molar-refractivity contribution in [1.29, 1.82) is 0 Å². The molecule has 0 radical (unpaired) electrons. The van der Waals surface area contributed by atoms with Crippen LogP contribution in [-0.4, -0.2) is 77.0 Å². The van der Waals surface area contributed by atoms with E-state index in [1.165, 1.54) is 5.56 Å². The van der Waals surface area contributed by atoms with Gasteiger partial charge in [-0.05, 0) is 43.2 Å². The van der Waals surface area contributed by atoms with E-state index in [1.54, 1.807) is 23.4 Å². The summed E-state index contributed by atoms with van der Waals surface area (Å²) in [5.41, 5.74) is 2.18. The molecular weight excluding hydrogens is 476 g/mol. The van der Waals surface area contributed by atoms with E-state index in [2.05, 4.69) is 37.6 Å². The average Bonchev–Trinajstić information content (AvgIpc) is 2.96. The average molecular weight is 513 g/mol. The Balaban J connectivity index is 1.48. The number of amides is 3. The number of rotatable bonds is 10. The van der Waals surface area contributed by atoms with Crippen molar-refractivity contribution in [3.8, 4) is 0 Å². The van der Waals surface area contributed by atoms with Crippen LogP contribution in [0.15, 0.2) is 85.2 Å². The molecule has 3 amide bonds. The molecule has 2 aromatic carbocycles. The summed E-state index contributed by atoms with van der Waals surface area (Å²) in [6.45, 7) is 2.91. The Morgan fingerprint density at radius 3 is 2.16 bits per heavy atom. The first kappa shape index (κ1) is 27.0. The molecule has 8 heteroatoms. The quantitative estimate of drug-likeness (QED) is 0.436. The van der Waals surface area contributed by atoms with Gasteiger partial charge in [-0.1, -0.05) is 66.7 Å². The Kier molecular flexibility index (Phi) is 9.98. The molecule has 1 aliphatic heterocycles. The monoisotopic (exact) mass is 512 g/mol. The molecule has 0 aliphatic carbocycles. The second-order valence-corrected chi connectivity index (χ2v) is 9.59. The second kappa shape index (κ2) is 14.0. The van der Waals surface area contributed by atoms with E-state index >= 15 is 0 Å². The van der Waals surface area contributed by atoms with Crippen molar-refractivity contribution in [3.05, 3.63) is 102 Å². The van der Waals surface area contributed by atoms with Gasteiger partial charge < -0.3 is 20.4 Å². The standard InChI is InChI=1S/C30H36N6O2/c1-35-19-21-36(22-20-35)30(38)34-27(23-25-11-6-3-7-12-25)29(37)33-26(14-13-24-9-4-2-5-10-24)15-16-28-31-17-8-18-32-28/h2-12,15-18,26-27H,13-14,19-23H2,1H3,(H,33,37)(H,34,38)/b16-15+/t26-,27-/m0/s1. The third kappa shape index (κ3) is 8.52. The molecule has 1 saturated heterocycles. The van der Waals surface area contributed by atoms with Crippen LogP contribution in [0, 0.1) is 0 Å². The fraction of sp³-hybridized carbons (Fsp3) is 0.333. The molecule has 2 N–H and O–H groups in total. The maximum absolute atomic E-state index is 13.6. The highest BCUT2D eigenvalue weighted by Crippen LogP contribution is 2.10. The maximum atomic E-state index is 13.6. The molecule has 2 atom stereocenters. The largest absolute Gasteiger partial charge is 0.348 e. The van der Waals surface area contributed by atoms with Crippen molar-refractivity contribution in [2.24, 2.45) is 0 Å². The summed E-state index contributed by atoms with van der Waals surface area (Å²) in [6, 6.07) is 20.6. The van der Waals surface area contributed by atoms with Gasteiger partial charge in [0.2, 0.25) is 5.91 Å². The summed E-state index contributed by atoms with van der Waals surface area (Å²) in [4.78, 5) is 39.2. The normalized spacial score (nSPS) is 15.7. The van der Waals surface area contributed by atoms with Crippen molar-refractivity contribution >= 4 is 18.0 Å². The van der Waals surface area contributed by atoms with Crippen LogP contribution in [0.1, 0.15) is 23.4 Å². The Morgan fingerprint density at radius 2 is 1.50 bits per heavy atom.